The number of halogens is 3. The molecule has 8 rings (SSSR count). The second kappa shape index (κ2) is 15.7. The van der Waals surface area contributed by atoms with E-state index in [1.807, 2.05) is 61.5 Å². The normalized spacial score (nSPS) is 18.6. The molecular weight excluding hydrogens is 848 g/mol. The monoisotopic (exact) mass is 883 g/mol. The van der Waals surface area contributed by atoms with E-state index < -0.39 is 17.8 Å². The fraction of sp³-hybridized carbons (Fsp3) is 0.205. The summed E-state index contributed by atoms with van der Waals surface area (Å²) in [7, 11) is 0. The lowest BCUT2D eigenvalue weighted by atomic mass is 9.76. The molecule has 1 saturated heterocycles. The van der Waals surface area contributed by atoms with E-state index in [9.17, 15) is 14.4 Å². The Kier molecular flexibility index (Phi) is 10.6. The van der Waals surface area contributed by atoms with Crippen molar-refractivity contribution < 1.29 is 23.9 Å². The van der Waals surface area contributed by atoms with Gasteiger partial charge in [-0.2, -0.15) is 0 Å². The van der Waals surface area contributed by atoms with Gasteiger partial charge in [0.05, 0.1) is 25.9 Å². The Morgan fingerprint density at radius 1 is 0.800 bits per heavy atom. The summed E-state index contributed by atoms with van der Waals surface area (Å²) in [5.74, 6) is -0.396. The lowest BCUT2D eigenvalue weighted by Crippen LogP contribution is -2.54. The van der Waals surface area contributed by atoms with Crippen LogP contribution in [-0.4, -0.2) is 37.5 Å². The average molecular weight is 885 g/mol. The van der Waals surface area contributed by atoms with E-state index in [4.69, 9.17) is 32.7 Å². The third-order valence-corrected chi connectivity index (χ3v) is 11.9. The van der Waals surface area contributed by atoms with Gasteiger partial charge in [0.25, 0.3) is 11.8 Å². The van der Waals surface area contributed by atoms with Gasteiger partial charge >= 0.3 is 6.03 Å². The predicted octanol–water partition coefficient (Wildman–Crippen LogP) is 10.1. The molecule has 278 valence electrons. The smallest absolute Gasteiger partial charge is 0.335 e. The topological polar surface area (TPSA) is 88.2 Å². The molecule has 0 unspecified atom stereocenters. The minimum Gasteiger partial charge on any atom is -0.490 e. The van der Waals surface area contributed by atoms with Crippen LogP contribution in [0.5, 0.6) is 11.5 Å². The second-order valence-electron chi connectivity index (χ2n) is 13.7. The minimum atomic E-state index is -0.786. The van der Waals surface area contributed by atoms with E-state index in [1.54, 1.807) is 24.3 Å². The quantitative estimate of drug-likeness (QED) is 0.0902. The molecule has 3 aliphatic heterocycles. The zero-order valence-electron chi connectivity index (χ0n) is 29.9. The maximum Gasteiger partial charge on any atom is 0.335 e. The largest absolute Gasteiger partial charge is 0.490 e. The number of benzene rings is 5. The van der Waals surface area contributed by atoms with E-state index in [0.717, 1.165) is 47.5 Å². The maximum absolute atomic E-state index is 14.5. The Morgan fingerprint density at radius 2 is 1.44 bits per heavy atom. The number of carbonyl (C=O) groups is 3. The van der Waals surface area contributed by atoms with Crippen LogP contribution in [0.1, 0.15) is 65.0 Å². The molecular formula is C44H36Cl2IN3O5. The number of carbonyl (C=O) groups excluding carboxylic acids is 3. The molecule has 5 aromatic carbocycles. The van der Waals surface area contributed by atoms with Crippen molar-refractivity contribution in [2.75, 3.05) is 29.5 Å². The number of hydrogen-bond acceptors (Lipinski definition) is 6. The average Bonchev–Trinajstić information content (AvgIpc) is 3.18. The summed E-state index contributed by atoms with van der Waals surface area (Å²) < 4.78 is 12.8. The van der Waals surface area contributed by atoms with Crippen LogP contribution in [-0.2, 0) is 16.2 Å². The number of nitrogens with zero attached hydrogens (tertiary/aromatic N) is 2. The fourth-order valence-electron chi connectivity index (χ4n) is 7.89. The number of nitrogens with one attached hydrogen (secondary N) is 1. The molecule has 11 heteroatoms. The third kappa shape index (κ3) is 7.33. The van der Waals surface area contributed by atoms with Crippen molar-refractivity contribution in [1.29, 1.82) is 0 Å². The van der Waals surface area contributed by atoms with Crippen LogP contribution >= 0.6 is 45.8 Å². The highest BCUT2D eigenvalue weighted by Crippen LogP contribution is 2.50. The minimum absolute atomic E-state index is 0.0664. The molecule has 3 aliphatic rings. The van der Waals surface area contributed by atoms with E-state index in [0.29, 0.717) is 43.0 Å². The van der Waals surface area contributed by atoms with Gasteiger partial charge in [0.15, 0.2) is 11.5 Å². The predicted molar refractivity (Wildman–Crippen MR) is 225 cm³/mol. The summed E-state index contributed by atoms with van der Waals surface area (Å²) >= 11 is 14.4. The molecule has 4 amide bonds. The lowest BCUT2D eigenvalue weighted by molar-refractivity contribution is -0.122. The van der Waals surface area contributed by atoms with Crippen LogP contribution in [0.25, 0.3) is 6.08 Å². The number of rotatable bonds is 9. The zero-order chi connectivity index (χ0) is 38.2. The Morgan fingerprint density at radius 3 is 2.04 bits per heavy atom. The summed E-state index contributed by atoms with van der Waals surface area (Å²) in [6, 6.07) is 32.7. The first-order valence-corrected chi connectivity index (χ1v) is 20.0. The van der Waals surface area contributed by atoms with Crippen molar-refractivity contribution in [2.45, 2.75) is 38.2 Å². The number of hydrogen-bond donors (Lipinski definition) is 1. The Bertz CT molecular complexity index is 2280. The van der Waals surface area contributed by atoms with Crippen molar-refractivity contribution in [1.82, 2.24) is 5.32 Å². The van der Waals surface area contributed by atoms with Crippen molar-refractivity contribution >= 4 is 81.1 Å². The molecule has 0 spiro atoms. The number of barbiturate groups is 1. The summed E-state index contributed by atoms with van der Waals surface area (Å²) in [4.78, 5) is 45.1. The van der Waals surface area contributed by atoms with Gasteiger partial charge in [-0.3, -0.25) is 14.9 Å². The highest BCUT2D eigenvalue weighted by atomic mass is 127. The van der Waals surface area contributed by atoms with Crippen molar-refractivity contribution in [3.63, 3.8) is 0 Å². The molecule has 0 bridgehead atoms. The molecule has 1 N–H and O–H groups in total. The van der Waals surface area contributed by atoms with Gasteiger partial charge in [-0.15, -0.1) is 0 Å². The van der Waals surface area contributed by atoms with Gasteiger partial charge < -0.3 is 14.4 Å². The van der Waals surface area contributed by atoms with Crippen molar-refractivity contribution in [3.8, 4) is 11.5 Å². The standard InChI is InChI=1S/C44H36Cl2IN3O5/c1-2-54-39-22-27(21-38(47)41(39)55-25-26-13-14-36(45)37(46)20-26)19-35-42(51)48-44(53)50(43(35)52)30-23-33-31(28-9-5-3-6-10-28)15-17-49-18-16-32(34(24-30)40(33)49)29-11-7-4-8-12-29/h3-14,19-24,31-32H,2,15-18,25H2,1H3,(H,48,51,53)/b35-19+/t31-,32+. The molecule has 0 saturated carbocycles. The van der Waals surface area contributed by atoms with Crippen molar-refractivity contribution in [2.24, 2.45) is 0 Å². The van der Waals surface area contributed by atoms with E-state index >= 15 is 0 Å². The third-order valence-electron chi connectivity index (χ3n) is 10.4. The Hall–Kier alpha value is -4.84. The van der Waals surface area contributed by atoms with Crippen LogP contribution < -0.4 is 24.6 Å². The summed E-state index contributed by atoms with van der Waals surface area (Å²) in [6.45, 7) is 4.24. The molecule has 0 radical (unpaired) electrons. The first-order chi connectivity index (χ1) is 26.7. The molecule has 5 aromatic rings. The van der Waals surface area contributed by atoms with Crippen LogP contribution in [0.4, 0.5) is 16.2 Å². The van der Waals surface area contributed by atoms with Gasteiger partial charge in [-0.1, -0.05) is 89.9 Å². The second-order valence-corrected chi connectivity index (χ2v) is 15.7. The molecule has 1 fully saturated rings. The molecule has 8 nitrogen and oxygen atoms in total. The summed E-state index contributed by atoms with van der Waals surface area (Å²) in [5.41, 5.74) is 7.28. The Labute approximate surface area is 343 Å². The van der Waals surface area contributed by atoms with Crippen LogP contribution in [0, 0.1) is 3.57 Å². The summed E-state index contributed by atoms with van der Waals surface area (Å²) in [6.07, 6.45) is 3.29. The highest BCUT2D eigenvalue weighted by molar-refractivity contribution is 14.1. The van der Waals surface area contributed by atoms with Crippen molar-refractivity contribution in [3.05, 3.63) is 156 Å². The first kappa shape index (κ1) is 37.1. The van der Waals surface area contributed by atoms with Gasteiger partial charge in [-0.25, -0.2) is 9.69 Å². The number of ether oxygens (including phenoxy) is 2. The first-order valence-electron chi connectivity index (χ1n) is 18.2. The van der Waals surface area contributed by atoms with Crippen LogP contribution in [0.15, 0.2) is 109 Å². The van der Waals surface area contributed by atoms with E-state index in [1.165, 1.54) is 22.9 Å². The van der Waals surface area contributed by atoms with Gasteiger partial charge in [0, 0.05) is 30.6 Å². The number of imide groups is 2. The van der Waals surface area contributed by atoms with Gasteiger partial charge in [0.1, 0.15) is 12.2 Å². The molecule has 0 aromatic heterocycles. The lowest BCUT2D eigenvalue weighted by Gasteiger charge is -2.44. The summed E-state index contributed by atoms with van der Waals surface area (Å²) in [5, 5.41) is 3.32. The Balaban J connectivity index is 1.18. The van der Waals surface area contributed by atoms with Gasteiger partial charge in [0.2, 0.25) is 0 Å². The van der Waals surface area contributed by atoms with E-state index in [2.05, 4.69) is 57.1 Å². The SMILES string of the molecule is CCOc1cc(/C=C2\C(=O)NC(=O)N(c3cc4c5c(c3)[C@H](c3ccccc3)CCN5CC[C@@H]4c3ccccc3)C2=O)cc(I)c1OCc1ccc(Cl)c(Cl)c1. The molecule has 0 aliphatic carbocycles. The van der Waals surface area contributed by atoms with E-state index in [-0.39, 0.29) is 24.0 Å². The van der Waals surface area contributed by atoms with Gasteiger partial charge in [-0.05, 0) is 118 Å². The fourth-order valence-corrected chi connectivity index (χ4v) is 8.99. The number of anilines is 2. The number of urea groups is 1. The van der Waals surface area contributed by atoms with Crippen LogP contribution in [0.3, 0.4) is 0 Å². The number of amides is 4. The highest BCUT2D eigenvalue weighted by Gasteiger charge is 2.40. The molecule has 2 atom stereocenters. The molecule has 55 heavy (non-hydrogen) atoms. The maximum atomic E-state index is 14.5. The molecule has 3 heterocycles. The van der Waals surface area contributed by atoms with Crippen LogP contribution in [0.2, 0.25) is 10.0 Å². The zero-order valence-corrected chi connectivity index (χ0v) is 33.5.